The zero-order chi connectivity index (χ0) is 20.0. The lowest BCUT2D eigenvalue weighted by molar-refractivity contribution is 0.0339. The number of carbonyl (C=O) groups excluding carboxylic acids is 2. The molecule has 3 aromatic rings. The van der Waals surface area contributed by atoms with Crippen molar-refractivity contribution in [3.63, 3.8) is 0 Å². The minimum Gasteiger partial charge on any atom is -0.449 e. The van der Waals surface area contributed by atoms with E-state index in [1.807, 2.05) is 40.8 Å². The topological polar surface area (TPSA) is 76.5 Å². The Morgan fingerprint density at radius 3 is 3.00 bits per heavy atom. The second-order valence-electron chi connectivity index (χ2n) is 7.71. The molecule has 2 aromatic heterocycles. The Bertz CT molecular complexity index is 1070. The Morgan fingerprint density at radius 1 is 1.34 bits per heavy atom. The molecule has 0 unspecified atom stereocenters. The zero-order valence-corrected chi connectivity index (χ0v) is 16.9. The molecule has 29 heavy (non-hydrogen) atoms. The monoisotopic (exact) mass is 410 g/mol. The average molecular weight is 410 g/mol. The fraction of sp³-hybridized carbons (Fsp3) is 0.381. The van der Waals surface area contributed by atoms with Gasteiger partial charge in [-0.2, -0.15) is 5.10 Å². The van der Waals surface area contributed by atoms with Crippen molar-refractivity contribution < 1.29 is 14.3 Å². The number of carbonyl (C=O) groups is 2. The summed E-state index contributed by atoms with van der Waals surface area (Å²) < 4.78 is 7.05. The number of cyclic esters (lactones) is 1. The number of rotatable bonds is 3. The fourth-order valence-electron chi connectivity index (χ4n) is 4.16. The zero-order valence-electron chi connectivity index (χ0n) is 16.1. The molecule has 0 saturated carbocycles. The molecule has 8 heteroatoms. The molecule has 2 saturated heterocycles. The normalized spacial score (nSPS) is 21.6. The molecule has 0 radical (unpaired) electrons. The van der Waals surface area contributed by atoms with Crippen LogP contribution in [0.3, 0.4) is 0 Å². The van der Waals surface area contributed by atoms with Crippen LogP contribution >= 0.6 is 11.3 Å². The van der Waals surface area contributed by atoms with E-state index < -0.39 is 0 Å². The maximum absolute atomic E-state index is 13.2. The van der Waals surface area contributed by atoms with Gasteiger partial charge in [-0.15, -0.1) is 11.3 Å². The van der Waals surface area contributed by atoms with Gasteiger partial charge in [-0.05, 0) is 25.0 Å². The predicted octanol–water partition coefficient (Wildman–Crippen LogP) is 3.03. The van der Waals surface area contributed by atoms with E-state index in [4.69, 9.17) is 4.74 Å². The molecule has 2 fully saturated rings. The molecule has 1 aromatic carbocycles. The largest absolute Gasteiger partial charge is 0.449 e. The molecule has 2 aliphatic heterocycles. The molecule has 150 valence electrons. The first-order valence-corrected chi connectivity index (χ1v) is 10.6. The summed E-state index contributed by atoms with van der Waals surface area (Å²) >= 11 is 1.49. The number of nitrogens with one attached hydrogen (secondary N) is 1. The van der Waals surface area contributed by atoms with Gasteiger partial charge < -0.3 is 15.0 Å². The van der Waals surface area contributed by atoms with Gasteiger partial charge in [-0.25, -0.2) is 4.79 Å². The molecule has 1 N–H and O–H groups in total. The van der Waals surface area contributed by atoms with Crippen molar-refractivity contribution >= 4 is 33.6 Å². The highest BCUT2D eigenvalue weighted by atomic mass is 32.1. The van der Waals surface area contributed by atoms with Crippen LogP contribution in [-0.4, -0.2) is 52.4 Å². The smallest absolute Gasteiger partial charge is 0.407 e. The lowest BCUT2D eigenvalue weighted by Crippen LogP contribution is -2.58. The first-order valence-electron chi connectivity index (χ1n) is 9.82. The molecule has 7 nitrogen and oxygen atoms in total. The van der Waals surface area contributed by atoms with Crippen LogP contribution in [0.25, 0.3) is 10.2 Å². The van der Waals surface area contributed by atoms with Crippen molar-refractivity contribution in [1.29, 1.82) is 0 Å². The van der Waals surface area contributed by atoms with E-state index in [1.54, 1.807) is 0 Å². The van der Waals surface area contributed by atoms with Gasteiger partial charge in [0.25, 0.3) is 5.91 Å². The van der Waals surface area contributed by atoms with Crippen molar-refractivity contribution in [3.05, 3.63) is 52.5 Å². The molecular formula is C21H22N4O3S. The summed E-state index contributed by atoms with van der Waals surface area (Å²) in [6.07, 6.45) is 0.446. The van der Waals surface area contributed by atoms with Gasteiger partial charge in [0.1, 0.15) is 4.83 Å². The van der Waals surface area contributed by atoms with Gasteiger partial charge in [0.2, 0.25) is 0 Å². The van der Waals surface area contributed by atoms with E-state index in [9.17, 15) is 9.59 Å². The maximum atomic E-state index is 13.2. The third kappa shape index (κ3) is 3.37. The summed E-state index contributed by atoms with van der Waals surface area (Å²) in [6, 6.07) is 12.1. The second-order valence-corrected chi connectivity index (χ2v) is 8.74. The first kappa shape index (κ1) is 18.2. The first-order chi connectivity index (χ1) is 14.1. The summed E-state index contributed by atoms with van der Waals surface area (Å²) in [4.78, 5) is 28.3. The molecule has 2 atom stereocenters. The lowest BCUT2D eigenvalue weighted by atomic mass is 9.91. The van der Waals surface area contributed by atoms with Crippen molar-refractivity contribution in [2.24, 2.45) is 5.92 Å². The summed E-state index contributed by atoms with van der Waals surface area (Å²) in [5, 5.41) is 8.55. The minimum absolute atomic E-state index is 0.0241. The van der Waals surface area contributed by atoms with Crippen molar-refractivity contribution in [1.82, 2.24) is 20.0 Å². The van der Waals surface area contributed by atoms with Gasteiger partial charge in [0.15, 0.2) is 0 Å². The number of aromatic nitrogens is 2. The number of hydrogen-bond acceptors (Lipinski definition) is 5. The number of piperidine rings is 1. The number of ether oxygens (including phenoxy) is 1. The summed E-state index contributed by atoms with van der Waals surface area (Å²) in [5.74, 6) is 0.303. The van der Waals surface area contributed by atoms with Crippen LogP contribution in [0.15, 0.2) is 36.4 Å². The Morgan fingerprint density at radius 2 is 2.17 bits per heavy atom. The lowest BCUT2D eigenvalue weighted by Gasteiger charge is -2.40. The third-order valence-corrected chi connectivity index (χ3v) is 6.90. The molecular weight excluding hydrogens is 388 g/mol. The quantitative estimate of drug-likeness (QED) is 0.720. The predicted molar refractivity (Wildman–Crippen MR) is 110 cm³/mol. The van der Waals surface area contributed by atoms with Gasteiger partial charge in [-0.1, -0.05) is 30.3 Å². The molecule has 0 aliphatic carbocycles. The highest BCUT2D eigenvalue weighted by Gasteiger charge is 2.37. The Labute approximate surface area is 172 Å². The highest BCUT2D eigenvalue weighted by Crippen LogP contribution is 2.31. The van der Waals surface area contributed by atoms with Gasteiger partial charge >= 0.3 is 6.09 Å². The molecule has 5 rings (SSSR count). The van der Waals surface area contributed by atoms with E-state index in [1.165, 1.54) is 16.9 Å². The molecule has 4 heterocycles. The van der Waals surface area contributed by atoms with Gasteiger partial charge in [-0.3, -0.25) is 9.48 Å². The van der Waals surface area contributed by atoms with Crippen LogP contribution in [-0.2, 0) is 11.3 Å². The number of alkyl carbamates (subject to hydrolysis) is 1. The third-order valence-electron chi connectivity index (χ3n) is 5.77. The van der Waals surface area contributed by atoms with E-state index >= 15 is 0 Å². The number of nitrogens with zero attached hydrogens (tertiary/aromatic N) is 3. The summed E-state index contributed by atoms with van der Waals surface area (Å²) in [6.45, 7) is 4.31. The number of aryl methyl sites for hydroxylation is 1. The number of amides is 2. The Kier molecular flexibility index (Phi) is 4.50. The molecule has 2 amide bonds. The second kappa shape index (κ2) is 7.18. The summed E-state index contributed by atoms with van der Waals surface area (Å²) in [5.41, 5.74) is 2.11. The van der Waals surface area contributed by atoms with Crippen molar-refractivity contribution in [3.8, 4) is 0 Å². The van der Waals surface area contributed by atoms with Crippen molar-refractivity contribution in [2.75, 3.05) is 19.7 Å². The number of likely N-dealkylation sites (tertiary alicyclic amines) is 1. The van der Waals surface area contributed by atoms with Crippen molar-refractivity contribution in [2.45, 2.75) is 25.9 Å². The molecule has 0 bridgehead atoms. The molecule has 0 spiro atoms. The SMILES string of the molecule is Cc1nn(Cc2ccccc2)c2sc(C(=O)N3CC[C@@H]4COC(=O)N[C@H]4C3)cc12. The van der Waals surface area contributed by atoms with E-state index in [0.717, 1.165) is 27.2 Å². The molecule has 2 aliphatic rings. The summed E-state index contributed by atoms with van der Waals surface area (Å²) in [7, 11) is 0. The number of hydrogen-bond donors (Lipinski definition) is 1. The number of thiophene rings is 1. The van der Waals surface area contributed by atoms with E-state index in [0.29, 0.717) is 26.2 Å². The van der Waals surface area contributed by atoms with Crippen LogP contribution in [0.1, 0.15) is 27.3 Å². The van der Waals surface area contributed by atoms with Crippen LogP contribution in [0.4, 0.5) is 4.79 Å². The van der Waals surface area contributed by atoms with Crippen LogP contribution in [0, 0.1) is 12.8 Å². The number of fused-ring (bicyclic) bond motifs is 2. The average Bonchev–Trinajstić information content (AvgIpc) is 3.29. The van der Waals surface area contributed by atoms with Crippen LogP contribution < -0.4 is 5.32 Å². The Hall–Kier alpha value is -2.87. The standard InChI is InChI=1S/C21H22N4O3S/c1-13-16-9-18(29-20(16)25(23-13)10-14-5-3-2-4-6-14)19(26)24-8-7-15-12-28-21(27)22-17(15)11-24/h2-6,9,15,17H,7-8,10-12H2,1H3,(H,22,27)/t15-,17+/m1/s1. The van der Waals surface area contributed by atoms with Crippen LogP contribution in [0.5, 0.6) is 0 Å². The van der Waals surface area contributed by atoms with Gasteiger partial charge in [0.05, 0.1) is 29.8 Å². The van der Waals surface area contributed by atoms with Gasteiger partial charge in [0, 0.05) is 24.4 Å². The number of benzene rings is 1. The van der Waals surface area contributed by atoms with E-state index in [2.05, 4.69) is 22.5 Å². The highest BCUT2D eigenvalue weighted by molar-refractivity contribution is 7.20. The fourth-order valence-corrected chi connectivity index (χ4v) is 5.29. The van der Waals surface area contributed by atoms with E-state index in [-0.39, 0.29) is 24.0 Å². The van der Waals surface area contributed by atoms with Crippen LogP contribution in [0.2, 0.25) is 0 Å². The maximum Gasteiger partial charge on any atom is 0.407 e. The minimum atomic E-state index is -0.390. The Balaban J connectivity index is 1.38.